The smallest absolute Gasteiger partial charge is 1.00 e. The average molecular weight is 569 g/mol. The van der Waals surface area contributed by atoms with E-state index in [9.17, 15) is 20.4 Å². The number of ether oxygens (including phenoxy) is 2. The molecule has 2 aliphatic rings. The van der Waals surface area contributed by atoms with Crippen LogP contribution >= 0.6 is 0 Å². The summed E-state index contributed by atoms with van der Waals surface area (Å²) in [5, 5.41) is 72.9. The molecule has 192 valence electrons. The molecule has 0 aromatic rings. The minimum Gasteiger partial charge on any atom is -1.00 e. The van der Waals surface area contributed by atoms with Gasteiger partial charge in [-0.05, 0) is 0 Å². The van der Waals surface area contributed by atoms with Crippen LogP contribution in [0, 0.1) is 11.8 Å². The van der Waals surface area contributed by atoms with E-state index in [1.54, 1.807) is 13.8 Å². The first-order valence-corrected chi connectivity index (χ1v) is 9.76. The molecule has 0 saturated carbocycles. The van der Waals surface area contributed by atoms with E-state index in [0.29, 0.717) is 0 Å². The Hall–Kier alpha value is 2.05. The van der Waals surface area contributed by atoms with Crippen LogP contribution in [0.15, 0.2) is 0 Å². The molecule has 0 unspecified atom stereocenters. The van der Waals surface area contributed by atoms with Crippen molar-refractivity contribution in [3.05, 3.63) is 0 Å². The van der Waals surface area contributed by atoms with Gasteiger partial charge in [-0.3, -0.25) is 8.42 Å². The van der Waals surface area contributed by atoms with Gasteiger partial charge in [-0.25, -0.2) is 0 Å². The minimum absolute atomic E-state index is 0. The van der Waals surface area contributed by atoms with Crippen LogP contribution in [0.4, 0.5) is 0 Å². The zero-order valence-electron chi connectivity index (χ0n) is 18.4. The van der Waals surface area contributed by atoms with Gasteiger partial charge in [0.2, 0.25) is 0 Å². The number of aliphatic hydroxyl groups is 8. The standard InChI is InChI=1S/2C7H14O5.2ClH.2Na.H2O4S/c2*1-3-5(9)6(10)4(2-8)12-7(3)11;;;;;1-5(2,3)4/h2*3-11H,2H2,1H3;2*1H;;;(H2,1,2,3,4)/q;;;;2*+1;/p-4/t2*3-,4-,5-,6-,7+;;;;;/m11...../s1. The molecule has 0 aromatic heterocycles. The summed E-state index contributed by atoms with van der Waals surface area (Å²) in [6, 6.07) is 0. The summed E-state index contributed by atoms with van der Waals surface area (Å²) < 4.78 is 43.7. The maximum Gasteiger partial charge on any atom is 1.00 e. The minimum atomic E-state index is -5.17. The van der Waals surface area contributed by atoms with E-state index in [2.05, 4.69) is 0 Å². The summed E-state index contributed by atoms with van der Waals surface area (Å²) in [4.78, 5) is 0. The molecular weight excluding hydrogens is 541 g/mol. The van der Waals surface area contributed by atoms with Gasteiger partial charge in [0, 0.05) is 22.2 Å². The molecule has 2 rings (SSSR count). The molecule has 0 amide bonds. The van der Waals surface area contributed by atoms with Gasteiger partial charge in [0.25, 0.3) is 0 Å². The van der Waals surface area contributed by atoms with Crippen molar-refractivity contribution >= 4 is 10.4 Å². The summed E-state index contributed by atoms with van der Waals surface area (Å²) in [7, 11) is -5.17. The van der Waals surface area contributed by atoms with Crippen LogP contribution in [0.5, 0.6) is 0 Å². The molecule has 2 heterocycles. The van der Waals surface area contributed by atoms with E-state index < -0.39 is 84.7 Å². The molecule has 2 fully saturated rings. The van der Waals surface area contributed by atoms with E-state index in [1.165, 1.54) is 0 Å². The maximum absolute atomic E-state index is 9.32. The van der Waals surface area contributed by atoms with Gasteiger partial charge in [-0.2, -0.15) is 0 Å². The molecular formula is C14H28Cl2Na2O14S-2. The Kier molecular flexibility index (Phi) is 28.7. The predicted molar refractivity (Wildman–Crippen MR) is 88.8 cm³/mol. The Morgan fingerprint density at radius 1 is 0.667 bits per heavy atom. The van der Waals surface area contributed by atoms with Crippen molar-refractivity contribution in [3.63, 3.8) is 0 Å². The van der Waals surface area contributed by atoms with Crippen molar-refractivity contribution in [1.29, 1.82) is 0 Å². The third-order valence-corrected chi connectivity index (χ3v) is 4.43. The van der Waals surface area contributed by atoms with Gasteiger partial charge in [-0.15, -0.1) is 0 Å². The number of hydrogen-bond acceptors (Lipinski definition) is 14. The van der Waals surface area contributed by atoms with Crippen LogP contribution in [0.1, 0.15) is 13.8 Å². The summed E-state index contributed by atoms with van der Waals surface area (Å²) in [6.07, 6.45) is -8.41. The maximum atomic E-state index is 9.32. The molecule has 2 aliphatic heterocycles. The predicted octanol–water partition coefficient (Wildman–Crippen LogP) is -17.2. The molecule has 10 atom stereocenters. The summed E-state index contributed by atoms with van der Waals surface area (Å²) in [6.45, 7) is 2.29. The van der Waals surface area contributed by atoms with E-state index in [1.807, 2.05) is 0 Å². The molecule has 0 radical (unpaired) electrons. The van der Waals surface area contributed by atoms with Gasteiger partial charge in [0.15, 0.2) is 12.6 Å². The largest absolute Gasteiger partial charge is 1.00 e. The molecule has 2 saturated heterocycles. The Balaban J connectivity index is -0.000000120. The normalized spacial score (nSPS) is 37.6. The van der Waals surface area contributed by atoms with Gasteiger partial charge >= 0.3 is 59.1 Å². The van der Waals surface area contributed by atoms with Crippen LogP contribution in [-0.2, 0) is 19.9 Å². The molecule has 0 bridgehead atoms. The van der Waals surface area contributed by atoms with Gasteiger partial charge in [0.05, 0.1) is 25.4 Å². The van der Waals surface area contributed by atoms with E-state index in [-0.39, 0.29) is 83.9 Å². The third-order valence-electron chi connectivity index (χ3n) is 4.43. The van der Waals surface area contributed by atoms with Crippen LogP contribution in [-0.4, -0.2) is 121 Å². The zero-order valence-corrected chi connectivity index (χ0v) is 24.7. The van der Waals surface area contributed by atoms with Crippen molar-refractivity contribution < 1.29 is 152 Å². The average Bonchev–Trinajstić information content (AvgIpc) is 2.63. The number of hydrogen-bond donors (Lipinski definition) is 8. The van der Waals surface area contributed by atoms with E-state index >= 15 is 0 Å². The third kappa shape index (κ3) is 16.5. The fourth-order valence-corrected chi connectivity index (χ4v) is 2.47. The molecule has 0 aromatic carbocycles. The molecule has 19 heteroatoms. The van der Waals surface area contributed by atoms with Crippen molar-refractivity contribution in [3.8, 4) is 0 Å². The number of halogens is 2. The second kappa shape index (κ2) is 21.0. The van der Waals surface area contributed by atoms with Crippen LogP contribution in [0.3, 0.4) is 0 Å². The van der Waals surface area contributed by atoms with Crippen molar-refractivity contribution in [1.82, 2.24) is 0 Å². The number of rotatable bonds is 2. The molecule has 8 N–H and O–H groups in total. The van der Waals surface area contributed by atoms with Crippen LogP contribution in [0.2, 0.25) is 0 Å². The summed E-state index contributed by atoms with van der Waals surface area (Å²) in [5.41, 5.74) is 0. The summed E-state index contributed by atoms with van der Waals surface area (Å²) >= 11 is 0. The SMILES string of the molecule is C[C@@H]1[C@@H](O)[C@H](O)[C@@H](CO)O[C@@H]1O.C[C@@H]1[C@@H](O)[C@H](O)[C@@H](CO)O[C@@H]1O.O=S(=O)([O-])[O-].[Cl-].[Cl-].[Na+].[Na+]. The van der Waals surface area contributed by atoms with Crippen molar-refractivity contribution in [2.75, 3.05) is 13.2 Å². The quantitative estimate of drug-likeness (QED) is 0.0873. The Labute approximate surface area is 248 Å². The van der Waals surface area contributed by atoms with Crippen LogP contribution < -0.4 is 83.9 Å². The first-order valence-electron chi connectivity index (χ1n) is 8.43. The summed E-state index contributed by atoms with van der Waals surface area (Å²) in [5.74, 6) is -1.08. The fraction of sp³-hybridized carbons (Fsp3) is 1.00. The number of aliphatic hydroxyl groups excluding tert-OH is 8. The van der Waals surface area contributed by atoms with Crippen LogP contribution in [0.25, 0.3) is 0 Å². The first kappa shape index (κ1) is 45.0. The Morgan fingerprint density at radius 2 is 0.879 bits per heavy atom. The van der Waals surface area contributed by atoms with Crippen molar-refractivity contribution in [2.24, 2.45) is 11.8 Å². The van der Waals surface area contributed by atoms with Gasteiger partial charge in [-0.1, -0.05) is 13.8 Å². The second-order valence-electron chi connectivity index (χ2n) is 6.58. The van der Waals surface area contributed by atoms with Crippen molar-refractivity contribution in [2.45, 2.75) is 63.1 Å². The Bertz CT molecular complexity index is 529. The molecule has 14 nitrogen and oxygen atoms in total. The molecule has 0 aliphatic carbocycles. The van der Waals surface area contributed by atoms with E-state index in [4.69, 9.17) is 47.4 Å². The zero-order chi connectivity index (χ0) is 23.1. The van der Waals surface area contributed by atoms with Gasteiger partial charge in [0.1, 0.15) is 24.4 Å². The van der Waals surface area contributed by atoms with Gasteiger partial charge < -0.3 is 84.2 Å². The van der Waals surface area contributed by atoms with E-state index in [0.717, 1.165) is 0 Å². The molecule has 0 spiro atoms. The topological polar surface area (TPSA) is 261 Å². The molecule has 33 heavy (non-hydrogen) atoms. The first-order chi connectivity index (χ1) is 13.1. The second-order valence-corrected chi connectivity index (χ2v) is 7.40. The fourth-order valence-electron chi connectivity index (χ4n) is 2.47. The monoisotopic (exact) mass is 568 g/mol. The Morgan fingerprint density at radius 3 is 1.06 bits per heavy atom.